The average molecular weight is 283 g/mol. The van der Waals surface area contributed by atoms with Crippen LogP contribution in [0.1, 0.15) is 39.5 Å². The molecule has 5 atom stereocenters. The minimum absolute atomic E-state index is 0.527. The molecule has 2 bridgehead atoms. The van der Waals surface area contributed by atoms with Gasteiger partial charge in [0.05, 0.1) is 0 Å². The highest BCUT2D eigenvalue weighted by atomic mass is 31.2. The molecule has 0 spiro atoms. The molecule has 5 heteroatoms. The summed E-state index contributed by atoms with van der Waals surface area (Å²) in [7, 11) is -2.39. The van der Waals surface area contributed by atoms with Gasteiger partial charge in [0.1, 0.15) is 0 Å². The van der Waals surface area contributed by atoms with E-state index in [2.05, 4.69) is 27.9 Å². The van der Waals surface area contributed by atoms with Crippen molar-refractivity contribution in [2.75, 3.05) is 26.2 Å². The molecular formula is C14H26N3OP. The van der Waals surface area contributed by atoms with E-state index in [-0.39, 0.29) is 0 Å². The molecular weight excluding hydrogens is 257 g/mol. The van der Waals surface area contributed by atoms with Gasteiger partial charge in [-0.3, -0.25) is 4.57 Å². The largest absolute Gasteiger partial charge is 0.287 e. The summed E-state index contributed by atoms with van der Waals surface area (Å²) in [5.41, 5.74) is 0. The highest BCUT2D eigenvalue weighted by Gasteiger charge is 2.58. The topological polar surface area (TPSA) is 26.3 Å². The Hall–Kier alpha value is 0.110. The fourth-order valence-corrected chi connectivity index (χ4v) is 7.88. The minimum Gasteiger partial charge on any atom is -0.270 e. The molecule has 3 unspecified atom stereocenters. The van der Waals surface area contributed by atoms with Crippen molar-refractivity contribution in [3.8, 4) is 0 Å². The van der Waals surface area contributed by atoms with Crippen LogP contribution >= 0.6 is 7.59 Å². The van der Waals surface area contributed by atoms with Gasteiger partial charge in [-0.1, -0.05) is 0 Å². The Balaban J connectivity index is 1.62. The van der Waals surface area contributed by atoms with Gasteiger partial charge in [0.15, 0.2) is 0 Å². The van der Waals surface area contributed by atoms with Crippen LogP contribution in [-0.4, -0.2) is 52.3 Å². The maximum atomic E-state index is 13.8. The van der Waals surface area contributed by atoms with E-state index in [1.807, 2.05) is 0 Å². The Labute approximate surface area is 116 Å². The molecule has 1 aliphatic carbocycles. The molecule has 0 aromatic carbocycles. The molecule has 1 saturated carbocycles. The summed E-state index contributed by atoms with van der Waals surface area (Å²) in [6, 6.07) is 1.05. The van der Waals surface area contributed by atoms with E-state index < -0.39 is 7.59 Å². The summed E-state index contributed by atoms with van der Waals surface area (Å²) in [4.78, 5) is 0. The minimum atomic E-state index is -2.39. The summed E-state index contributed by atoms with van der Waals surface area (Å²) in [6.45, 7) is 8.67. The Kier molecular flexibility index (Phi) is 2.90. The molecule has 5 aliphatic rings. The molecule has 4 nitrogen and oxygen atoms in total. The monoisotopic (exact) mass is 283 g/mol. The predicted molar refractivity (Wildman–Crippen MR) is 77.0 cm³/mol. The zero-order valence-electron chi connectivity index (χ0n) is 12.2. The molecule has 0 aromatic rings. The van der Waals surface area contributed by atoms with E-state index in [0.717, 1.165) is 38.0 Å². The summed E-state index contributed by atoms with van der Waals surface area (Å²) >= 11 is 0. The number of fused-ring (bicyclic) bond motifs is 4. The van der Waals surface area contributed by atoms with Gasteiger partial charge in [0, 0.05) is 38.3 Å². The third kappa shape index (κ3) is 2.03. The highest BCUT2D eigenvalue weighted by Crippen LogP contribution is 2.67. The number of nitrogens with zero attached hydrogens (tertiary/aromatic N) is 3. The van der Waals surface area contributed by atoms with Crippen molar-refractivity contribution in [2.45, 2.75) is 51.6 Å². The van der Waals surface area contributed by atoms with Crippen molar-refractivity contribution >= 4 is 7.59 Å². The van der Waals surface area contributed by atoms with Gasteiger partial charge >= 0.3 is 0 Å². The Morgan fingerprint density at radius 2 is 1.16 bits per heavy atom. The quantitative estimate of drug-likeness (QED) is 0.587. The molecule has 0 aromatic heterocycles. The van der Waals surface area contributed by atoms with Crippen LogP contribution in [0, 0.1) is 11.8 Å². The van der Waals surface area contributed by atoms with Crippen LogP contribution in [0.2, 0.25) is 0 Å². The fraction of sp³-hybridized carbons (Fsp3) is 1.00. The smallest absolute Gasteiger partial charge is 0.270 e. The molecule has 0 N–H and O–H groups in total. The lowest BCUT2D eigenvalue weighted by Gasteiger charge is -2.34. The number of hydrogen-bond donors (Lipinski definition) is 0. The van der Waals surface area contributed by atoms with E-state index in [1.165, 1.54) is 25.7 Å². The van der Waals surface area contributed by atoms with E-state index in [9.17, 15) is 4.57 Å². The lowest BCUT2D eigenvalue weighted by Crippen LogP contribution is -2.32. The number of rotatable bonds is 3. The summed E-state index contributed by atoms with van der Waals surface area (Å²) in [6.07, 6.45) is 5.47. The van der Waals surface area contributed by atoms with E-state index >= 15 is 0 Å². The van der Waals surface area contributed by atoms with Gasteiger partial charge < -0.3 is 0 Å². The first kappa shape index (κ1) is 12.8. The molecule has 19 heavy (non-hydrogen) atoms. The van der Waals surface area contributed by atoms with Crippen LogP contribution in [0.25, 0.3) is 0 Å². The third-order valence-electron chi connectivity index (χ3n) is 5.59. The van der Waals surface area contributed by atoms with Gasteiger partial charge in [0.25, 0.3) is 7.59 Å². The molecule has 0 amide bonds. The van der Waals surface area contributed by atoms with Crippen molar-refractivity contribution in [3.63, 3.8) is 0 Å². The lowest BCUT2D eigenvalue weighted by molar-refractivity contribution is 0.326. The Bertz CT molecular complexity index is 387. The highest BCUT2D eigenvalue weighted by molar-refractivity contribution is 7.57. The van der Waals surface area contributed by atoms with Gasteiger partial charge in [-0.2, -0.15) is 0 Å². The number of hydrogen-bond acceptors (Lipinski definition) is 1. The molecule has 5 fully saturated rings. The van der Waals surface area contributed by atoms with Crippen molar-refractivity contribution in [1.29, 1.82) is 0 Å². The molecule has 4 heterocycles. The zero-order valence-corrected chi connectivity index (χ0v) is 13.1. The molecule has 4 aliphatic heterocycles. The van der Waals surface area contributed by atoms with Crippen molar-refractivity contribution < 1.29 is 4.57 Å². The summed E-state index contributed by atoms with van der Waals surface area (Å²) in [5, 5.41) is 0. The average Bonchev–Trinajstić information content (AvgIpc) is 3.25. The van der Waals surface area contributed by atoms with E-state index in [0.29, 0.717) is 12.1 Å². The normalized spacial score (nSPS) is 52.5. The third-order valence-corrected chi connectivity index (χ3v) is 9.11. The van der Waals surface area contributed by atoms with Crippen LogP contribution in [0.4, 0.5) is 0 Å². The molecule has 0 radical (unpaired) electrons. The lowest BCUT2D eigenvalue weighted by atomic mass is 9.84. The first-order chi connectivity index (χ1) is 9.09. The molecule has 108 valence electrons. The van der Waals surface area contributed by atoms with Crippen LogP contribution in [-0.2, 0) is 4.57 Å². The Morgan fingerprint density at radius 1 is 0.789 bits per heavy atom. The second-order valence-electron chi connectivity index (χ2n) is 7.21. The fourth-order valence-electron chi connectivity index (χ4n) is 4.13. The molecule has 5 rings (SSSR count). The summed E-state index contributed by atoms with van der Waals surface area (Å²) in [5.74, 6) is 1.61. The second kappa shape index (κ2) is 4.30. The first-order valence-electron chi connectivity index (χ1n) is 7.98. The maximum absolute atomic E-state index is 13.8. The van der Waals surface area contributed by atoms with E-state index in [1.54, 1.807) is 0 Å². The Morgan fingerprint density at radius 3 is 1.47 bits per heavy atom. The standard InChI is InChI=1S/C14H26N3OP/c1-11-7-16(11)19(18,17-8-12(17)2)15-9-13-3-4-14(10-15)6-5-13/h11-14H,3-10H2,1-2H3/t11-,12+,13?,14?,16?,17?,19?. The van der Waals surface area contributed by atoms with E-state index in [4.69, 9.17) is 0 Å². The van der Waals surface area contributed by atoms with Crippen LogP contribution in [0.3, 0.4) is 0 Å². The SMILES string of the molecule is C[C@@H]1CN1P(=O)(N1CC2CCC(CC2)C1)N1C[C@@H]1C. The van der Waals surface area contributed by atoms with Gasteiger partial charge in [-0.05, 0) is 51.4 Å². The van der Waals surface area contributed by atoms with Crippen LogP contribution in [0.5, 0.6) is 0 Å². The second-order valence-corrected chi connectivity index (χ2v) is 9.83. The zero-order chi connectivity index (χ0) is 13.2. The first-order valence-corrected chi connectivity index (χ1v) is 9.55. The van der Waals surface area contributed by atoms with Crippen molar-refractivity contribution in [3.05, 3.63) is 0 Å². The predicted octanol–water partition coefficient (Wildman–Crippen LogP) is 2.62. The van der Waals surface area contributed by atoms with Gasteiger partial charge in [-0.15, -0.1) is 0 Å². The van der Waals surface area contributed by atoms with Gasteiger partial charge in [-0.25, -0.2) is 14.0 Å². The summed E-state index contributed by atoms with van der Waals surface area (Å²) < 4.78 is 20.7. The maximum Gasteiger partial charge on any atom is 0.287 e. The van der Waals surface area contributed by atoms with Gasteiger partial charge in [0.2, 0.25) is 0 Å². The van der Waals surface area contributed by atoms with Crippen molar-refractivity contribution in [2.24, 2.45) is 11.8 Å². The van der Waals surface area contributed by atoms with Crippen molar-refractivity contribution in [1.82, 2.24) is 14.0 Å². The molecule has 4 saturated heterocycles. The van der Waals surface area contributed by atoms with Crippen LogP contribution in [0.15, 0.2) is 0 Å². The van der Waals surface area contributed by atoms with Crippen LogP contribution < -0.4 is 0 Å².